The van der Waals surface area contributed by atoms with Crippen molar-refractivity contribution in [2.75, 3.05) is 0 Å². The summed E-state index contributed by atoms with van der Waals surface area (Å²) >= 11 is 9.14. The maximum Gasteiger partial charge on any atom is 0.252 e. The van der Waals surface area contributed by atoms with Gasteiger partial charge in [0.2, 0.25) is 10.0 Å². The van der Waals surface area contributed by atoms with Gasteiger partial charge in [0.25, 0.3) is 5.91 Å². The van der Waals surface area contributed by atoms with E-state index < -0.39 is 15.9 Å². The zero-order chi connectivity index (χ0) is 17.9. The summed E-state index contributed by atoms with van der Waals surface area (Å²) in [7, 11) is -3.88. The molecule has 24 heavy (non-hydrogen) atoms. The van der Waals surface area contributed by atoms with Crippen LogP contribution in [0.3, 0.4) is 0 Å². The second kappa shape index (κ2) is 7.65. The van der Waals surface area contributed by atoms with Crippen LogP contribution in [-0.2, 0) is 10.0 Å². The van der Waals surface area contributed by atoms with E-state index in [-0.39, 0.29) is 16.5 Å². The smallest absolute Gasteiger partial charge is 0.252 e. The first-order valence-electron chi connectivity index (χ1n) is 7.11. The summed E-state index contributed by atoms with van der Waals surface area (Å²) < 4.78 is 23.4. The van der Waals surface area contributed by atoms with Gasteiger partial charge in [-0.05, 0) is 58.2 Å². The minimum Gasteiger partial charge on any atom is -0.345 e. The minimum atomic E-state index is -3.88. The van der Waals surface area contributed by atoms with Crippen LogP contribution in [0.25, 0.3) is 0 Å². The highest BCUT2D eigenvalue weighted by Crippen LogP contribution is 2.23. The lowest BCUT2D eigenvalue weighted by atomic mass is 10.0. The third-order valence-electron chi connectivity index (χ3n) is 3.50. The molecule has 1 amide bonds. The van der Waals surface area contributed by atoms with Crippen molar-refractivity contribution in [3.8, 4) is 0 Å². The number of carbonyl (C=O) groups excluding carboxylic acids is 1. The number of carbonyl (C=O) groups is 1. The molecule has 0 aliphatic rings. The van der Waals surface area contributed by atoms with Crippen LogP contribution >= 0.6 is 27.5 Å². The molecule has 0 aliphatic carbocycles. The normalized spacial score (nSPS) is 12.7. The first kappa shape index (κ1) is 18.9. The molecule has 2 aromatic carbocycles. The third-order valence-corrected chi connectivity index (χ3v) is 5.35. The van der Waals surface area contributed by atoms with E-state index in [1.54, 1.807) is 12.1 Å². The lowest BCUT2D eigenvalue weighted by Crippen LogP contribution is -2.28. The van der Waals surface area contributed by atoms with Crippen LogP contribution in [0, 0.1) is 0 Å². The molecule has 8 heteroatoms. The zero-order valence-corrected chi connectivity index (χ0v) is 16.0. The van der Waals surface area contributed by atoms with E-state index in [4.69, 9.17) is 16.7 Å². The highest BCUT2D eigenvalue weighted by Gasteiger charge is 2.19. The summed E-state index contributed by atoms with van der Waals surface area (Å²) in [4.78, 5) is 12.4. The predicted molar refractivity (Wildman–Crippen MR) is 97.5 cm³/mol. The minimum absolute atomic E-state index is 0.115. The van der Waals surface area contributed by atoms with Crippen LogP contribution in [0.2, 0.25) is 5.02 Å². The van der Waals surface area contributed by atoms with E-state index in [1.807, 2.05) is 19.1 Å². The maximum atomic E-state index is 12.6. The van der Waals surface area contributed by atoms with Crippen molar-refractivity contribution in [2.24, 2.45) is 5.14 Å². The zero-order valence-electron chi connectivity index (χ0n) is 12.8. The number of primary sulfonamides is 1. The molecular formula is C16H16BrClN2O3S. The van der Waals surface area contributed by atoms with Crippen molar-refractivity contribution in [2.45, 2.75) is 24.3 Å². The molecular weight excluding hydrogens is 416 g/mol. The van der Waals surface area contributed by atoms with Crippen LogP contribution in [0.1, 0.15) is 35.3 Å². The Balaban J connectivity index is 2.29. The first-order chi connectivity index (χ1) is 11.2. The second-order valence-corrected chi connectivity index (χ2v) is 8.02. The maximum absolute atomic E-state index is 12.6. The van der Waals surface area contributed by atoms with Crippen LogP contribution in [-0.4, -0.2) is 14.3 Å². The predicted octanol–water partition coefficient (Wildman–Crippen LogP) is 3.63. The molecule has 0 spiro atoms. The molecule has 2 rings (SSSR count). The molecule has 2 aromatic rings. The Bertz CT molecular complexity index is 854. The van der Waals surface area contributed by atoms with Crippen molar-refractivity contribution in [3.05, 3.63) is 63.1 Å². The Kier molecular flexibility index (Phi) is 6.03. The lowest BCUT2D eigenvalue weighted by molar-refractivity contribution is 0.0934. The molecule has 5 nitrogen and oxygen atoms in total. The molecule has 0 saturated heterocycles. The van der Waals surface area contributed by atoms with E-state index >= 15 is 0 Å². The molecule has 0 heterocycles. The largest absolute Gasteiger partial charge is 0.345 e. The summed E-state index contributed by atoms with van der Waals surface area (Å²) in [6.07, 6.45) is 0.667. The van der Waals surface area contributed by atoms with Crippen molar-refractivity contribution >= 4 is 43.5 Å². The van der Waals surface area contributed by atoms with Gasteiger partial charge in [-0.25, -0.2) is 13.6 Å². The molecule has 0 aromatic heterocycles. The molecule has 0 radical (unpaired) electrons. The van der Waals surface area contributed by atoms with Gasteiger partial charge < -0.3 is 5.32 Å². The SMILES string of the molecule is CCC(NC(=O)c1cc(S(N)(=O)=O)ccc1Br)c1ccc(Cl)cc1. The summed E-state index contributed by atoms with van der Waals surface area (Å²) in [5.41, 5.74) is 1.11. The summed E-state index contributed by atoms with van der Waals surface area (Å²) in [6, 6.07) is 11.0. The number of sulfonamides is 1. The second-order valence-electron chi connectivity index (χ2n) is 5.17. The van der Waals surface area contributed by atoms with Crippen LogP contribution in [0.15, 0.2) is 51.8 Å². The van der Waals surface area contributed by atoms with E-state index in [0.717, 1.165) is 5.56 Å². The fraction of sp³-hybridized carbons (Fsp3) is 0.188. The van der Waals surface area contributed by atoms with Crippen LogP contribution in [0.5, 0.6) is 0 Å². The number of hydrogen-bond acceptors (Lipinski definition) is 3. The van der Waals surface area contributed by atoms with Gasteiger partial charge in [0.05, 0.1) is 16.5 Å². The van der Waals surface area contributed by atoms with Gasteiger partial charge in [-0.1, -0.05) is 30.7 Å². The van der Waals surface area contributed by atoms with Gasteiger partial charge in [-0.3, -0.25) is 4.79 Å². The fourth-order valence-electron chi connectivity index (χ4n) is 2.21. The standard InChI is InChI=1S/C16H16BrClN2O3S/c1-2-15(10-3-5-11(18)6-4-10)20-16(21)13-9-12(24(19,22)23)7-8-14(13)17/h3-9,15H,2H2,1H3,(H,20,21)(H2,19,22,23). The number of nitrogens with one attached hydrogen (secondary N) is 1. The molecule has 0 fully saturated rings. The van der Waals surface area contributed by atoms with Crippen molar-refractivity contribution < 1.29 is 13.2 Å². The molecule has 3 N–H and O–H groups in total. The summed E-state index contributed by atoms with van der Waals surface area (Å²) in [6.45, 7) is 1.94. The first-order valence-corrected chi connectivity index (χ1v) is 9.82. The molecule has 1 atom stereocenters. The van der Waals surface area contributed by atoms with Crippen LogP contribution in [0.4, 0.5) is 0 Å². The Labute approximate surface area is 154 Å². The highest BCUT2D eigenvalue weighted by atomic mass is 79.9. The molecule has 1 unspecified atom stereocenters. The van der Waals surface area contributed by atoms with Crippen LogP contribution < -0.4 is 10.5 Å². The Morgan fingerprint density at radius 3 is 2.42 bits per heavy atom. The number of amides is 1. The average molecular weight is 432 g/mol. The summed E-state index contributed by atoms with van der Waals surface area (Å²) in [5.74, 6) is -0.394. The van der Waals surface area contributed by atoms with Gasteiger partial charge in [-0.15, -0.1) is 0 Å². The number of benzene rings is 2. The van der Waals surface area contributed by atoms with Crippen molar-refractivity contribution in [1.82, 2.24) is 5.32 Å². The quantitative estimate of drug-likeness (QED) is 0.757. The van der Waals surface area contributed by atoms with Crippen molar-refractivity contribution in [1.29, 1.82) is 0 Å². The van der Waals surface area contributed by atoms with Gasteiger partial charge in [-0.2, -0.15) is 0 Å². The van der Waals surface area contributed by atoms with Gasteiger partial charge >= 0.3 is 0 Å². The molecule has 0 saturated carbocycles. The Morgan fingerprint density at radius 1 is 1.25 bits per heavy atom. The Morgan fingerprint density at radius 2 is 1.88 bits per heavy atom. The number of nitrogens with two attached hydrogens (primary N) is 1. The van der Waals surface area contributed by atoms with E-state index in [1.165, 1.54) is 18.2 Å². The van der Waals surface area contributed by atoms with Gasteiger partial charge in [0.1, 0.15) is 0 Å². The lowest BCUT2D eigenvalue weighted by Gasteiger charge is -2.18. The van der Waals surface area contributed by atoms with Gasteiger partial charge in [0.15, 0.2) is 0 Å². The van der Waals surface area contributed by atoms with Gasteiger partial charge in [0, 0.05) is 9.50 Å². The number of rotatable bonds is 5. The molecule has 128 valence electrons. The number of hydrogen-bond donors (Lipinski definition) is 2. The molecule has 0 bridgehead atoms. The van der Waals surface area contributed by atoms with E-state index in [9.17, 15) is 13.2 Å². The molecule has 0 aliphatic heterocycles. The van der Waals surface area contributed by atoms with E-state index in [2.05, 4.69) is 21.2 Å². The monoisotopic (exact) mass is 430 g/mol. The highest BCUT2D eigenvalue weighted by molar-refractivity contribution is 9.10. The summed E-state index contributed by atoms with van der Waals surface area (Å²) in [5, 5.41) is 8.63. The third kappa shape index (κ3) is 4.57. The average Bonchev–Trinajstić information content (AvgIpc) is 2.52. The topological polar surface area (TPSA) is 89.3 Å². The fourth-order valence-corrected chi connectivity index (χ4v) is 3.30. The Hall–Kier alpha value is -1.41. The number of halogens is 2. The van der Waals surface area contributed by atoms with Crippen molar-refractivity contribution in [3.63, 3.8) is 0 Å². The van der Waals surface area contributed by atoms with E-state index in [0.29, 0.717) is 15.9 Å².